The normalized spacial score (nSPS) is 17.8. The summed E-state index contributed by atoms with van der Waals surface area (Å²) in [6, 6.07) is 0. The quantitative estimate of drug-likeness (QED) is 0.807. The second-order valence-electron chi connectivity index (χ2n) is 4.41. The maximum atomic E-state index is 5.53. The van der Waals surface area contributed by atoms with E-state index in [9.17, 15) is 0 Å². The lowest BCUT2D eigenvalue weighted by atomic mass is 10.3. The van der Waals surface area contributed by atoms with Gasteiger partial charge in [-0.1, -0.05) is 0 Å². The summed E-state index contributed by atoms with van der Waals surface area (Å²) >= 11 is 1.72. The van der Waals surface area contributed by atoms with Crippen molar-refractivity contribution in [1.82, 2.24) is 9.88 Å². The summed E-state index contributed by atoms with van der Waals surface area (Å²) in [5.41, 5.74) is 3.05. The Morgan fingerprint density at radius 1 is 1.47 bits per heavy atom. The molecule has 0 unspecified atom stereocenters. The van der Waals surface area contributed by atoms with Gasteiger partial charge in [0.25, 0.3) is 0 Å². The molecule has 1 aromatic rings. The second kappa shape index (κ2) is 6.44. The van der Waals surface area contributed by atoms with Gasteiger partial charge in [-0.25, -0.2) is 4.98 Å². The summed E-state index contributed by atoms with van der Waals surface area (Å²) in [7, 11) is 2.13. The first-order valence-corrected chi connectivity index (χ1v) is 6.94. The van der Waals surface area contributed by atoms with Gasteiger partial charge in [-0.2, -0.15) is 0 Å². The Balaban J connectivity index is 1.70. The highest BCUT2D eigenvalue weighted by Crippen LogP contribution is 2.15. The lowest BCUT2D eigenvalue weighted by molar-refractivity contribution is -0.182. The van der Waals surface area contributed by atoms with E-state index in [0.717, 1.165) is 44.8 Å². The van der Waals surface area contributed by atoms with E-state index in [1.54, 1.807) is 11.3 Å². The molecule has 0 N–H and O–H groups in total. The van der Waals surface area contributed by atoms with Crippen LogP contribution in [0.1, 0.15) is 23.4 Å². The molecule has 0 radical (unpaired) electrons. The molecule has 1 aromatic heterocycles. The van der Waals surface area contributed by atoms with Gasteiger partial charge in [0.2, 0.25) is 0 Å². The fourth-order valence-corrected chi connectivity index (χ4v) is 2.69. The van der Waals surface area contributed by atoms with E-state index in [4.69, 9.17) is 9.47 Å². The molecule has 2 rings (SSSR count). The van der Waals surface area contributed by atoms with Gasteiger partial charge in [-0.15, -0.1) is 11.3 Å². The summed E-state index contributed by atoms with van der Waals surface area (Å²) < 4.78 is 11.1. The maximum absolute atomic E-state index is 5.53. The van der Waals surface area contributed by atoms with Gasteiger partial charge >= 0.3 is 0 Å². The average Bonchev–Trinajstić information content (AvgIpc) is 2.74. The summed E-state index contributed by atoms with van der Waals surface area (Å²) in [4.78, 5) is 7.90. The molecule has 4 nitrogen and oxygen atoms in total. The van der Waals surface area contributed by atoms with Crippen LogP contribution in [0, 0.1) is 6.92 Å². The van der Waals surface area contributed by atoms with Gasteiger partial charge in [0.1, 0.15) is 0 Å². The molecule has 0 aromatic carbocycles. The van der Waals surface area contributed by atoms with Crippen LogP contribution in [0.3, 0.4) is 0 Å². The smallest absolute Gasteiger partial charge is 0.158 e. The highest BCUT2D eigenvalue weighted by atomic mass is 32.1. The molecule has 1 saturated heterocycles. The van der Waals surface area contributed by atoms with Crippen LogP contribution in [0.25, 0.3) is 0 Å². The first-order chi connectivity index (χ1) is 8.25. The third-order valence-electron chi connectivity index (χ3n) is 2.90. The minimum absolute atomic E-state index is 0.00578. The van der Waals surface area contributed by atoms with Crippen molar-refractivity contribution in [2.75, 3.05) is 26.8 Å². The lowest BCUT2D eigenvalue weighted by Crippen LogP contribution is -2.29. The molecule has 0 saturated carbocycles. The van der Waals surface area contributed by atoms with E-state index in [0.29, 0.717) is 0 Å². The van der Waals surface area contributed by atoms with Gasteiger partial charge < -0.3 is 14.4 Å². The third-order valence-corrected chi connectivity index (χ3v) is 3.82. The Labute approximate surface area is 107 Å². The first kappa shape index (κ1) is 13.0. The highest BCUT2D eigenvalue weighted by molar-refractivity contribution is 7.09. The van der Waals surface area contributed by atoms with Crippen molar-refractivity contribution in [3.8, 4) is 0 Å². The molecule has 96 valence electrons. The monoisotopic (exact) mass is 256 g/mol. The molecule has 0 amide bonds. The predicted octanol–water partition coefficient (Wildman–Crippen LogP) is 2.04. The fraction of sp³-hybridized carbons (Fsp3) is 0.750. The number of ether oxygens (including phenoxy) is 2. The van der Waals surface area contributed by atoms with Crippen LogP contribution < -0.4 is 0 Å². The topological polar surface area (TPSA) is 34.6 Å². The SMILES string of the molecule is Cc1ncsc1CN(C)CCC1OCCCO1. The molecule has 17 heavy (non-hydrogen) atoms. The van der Waals surface area contributed by atoms with E-state index < -0.39 is 0 Å². The molecular formula is C12H20N2O2S. The van der Waals surface area contributed by atoms with Crippen molar-refractivity contribution < 1.29 is 9.47 Å². The van der Waals surface area contributed by atoms with Gasteiger partial charge in [-0.3, -0.25) is 0 Å². The Hall–Kier alpha value is -0.490. The number of thiazole rings is 1. The van der Waals surface area contributed by atoms with Crippen LogP contribution in [0.4, 0.5) is 0 Å². The molecule has 1 fully saturated rings. The number of nitrogens with zero attached hydrogens (tertiary/aromatic N) is 2. The molecule has 1 aliphatic heterocycles. The van der Waals surface area contributed by atoms with E-state index in [-0.39, 0.29) is 6.29 Å². The second-order valence-corrected chi connectivity index (χ2v) is 5.35. The highest BCUT2D eigenvalue weighted by Gasteiger charge is 2.15. The van der Waals surface area contributed by atoms with Crippen molar-refractivity contribution >= 4 is 11.3 Å². The van der Waals surface area contributed by atoms with E-state index in [1.165, 1.54) is 4.88 Å². The zero-order valence-electron chi connectivity index (χ0n) is 10.5. The maximum Gasteiger partial charge on any atom is 0.158 e. The molecule has 1 aliphatic rings. The molecule has 2 heterocycles. The minimum atomic E-state index is -0.00578. The van der Waals surface area contributed by atoms with Crippen LogP contribution in [0.15, 0.2) is 5.51 Å². The number of aryl methyl sites for hydroxylation is 1. The Kier molecular flexibility index (Phi) is 4.91. The van der Waals surface area contributed by atoms with E-state index in [2.05, 4.69) is 23.9 Å². The average molecular weight is 256 g/mol. The van der Waals surface area contributed by atoms with Crippen molar-refractivity contribution in [1.29, 1.82) is 0 Å². The summed E-state index contributed by atoms with van der Waals surface area (Å²) in [6.07, 6.45) is 1.95. The molecule has 0 atom stereocenters. The van der Waals surface area contributed by atoms with Crippen LogP contribution in [0.5, 0.6) is 0 Å². The van der Waals surface area contributed by atoms with Crippen molar-refractivity contribution in [3.05, 3.63) is 16.1 Å². The molecular weight excluding hydrogens is 236 g/mol. The zero-order valence-corrected chi connectivity index (χ0v) is 11.3. The van der Waals surface area contributed by atoms with Crippen molar-refractivity contribution in [2.45, 2.75) is 32.6 Å². The van der Waals surface area contributed by atoms with Gasteiger partial charge in [0, 0.05) is 24.4 Å². The van der Waals surface area contributed by atoms with Crippen molar-refractivity contribution in [3.63, 3.8) is 0 Å². The zero-order chi connectivity index (χ0) is 12.1. The van der Waals surface area contributed by atoms with Crippen LogP contribution in [-0.4, -0.2) is 43.0 Å². The summed E-state index contributed by atoms with van der Waals surface area (Å²) in [5, 5.41) is 0. The number of aromatic nitrogens is 1. The predicted molar refractivity (Wildman–Crippen MR) is 68.1 cm³/mol. The molecule has 5 heteroatoms. The van der Waals surface area contributed by atoms with Crippen LogP contribution in [-0.2, 0) is 16.0 Å². The Bertz CT molecular complexity index is 337. The lowest BCUT2D eigenvalue weighted by Gasteiger charge is -2.25. The fourth-order valence-electron chi connectivity index (χ4n) is 1.83. The first-order valence-electron chi connectivity index (χ1n) is 6.06. The van der Waals surface area contributed by atoms with Gasteiger partial charge in [-0.05, 0) is 20.4 Å². The van der Waals surface area contributed by atoms with Gasteiger partial charge in [0.05, 0.1) is 24.4 Å². The molecule has 0 bridgehead atoms. The Morgan fingerprint density at radius 2 is 2.24 bits per heavy atom. The van der Waals surface area contributed by atoms with Gasteiger partial charge in [0.15, 0.2) is 6.29 Å². The van der Waals surface area contributed by atoms with Crippen LogP contribution in [0.2, 0.25) is 0 Å². The number of hydrogen-bond acceptors (Lipinski definition) is 5. The summed E-state index contributed by atoms with van der Waals surface area (Å²) in [5.74, 6) is 0. The minimum Gasteiger partial charge on any atom is -0.353 e. The molecule has 0 spiro atoms. The van der Waals surface area contributed by atoms with Crippen LogP contribution >= 0.6 is 11.3 Å². The largest absolute Gasteiger partial charge is 0.353 e. The Morgan fingerprint density at radius 3 is 2.88 bits per heavy atom. The number of rotatable bonds is 5. The molecule has 0 aliphatic carbocycles. The van der Waals surface area contributed by atoms with E-state index in [1.807, 2.05) is 5.51 Å². The third kappa shape index (κ3) is 4.03. The summed E-state index contributed by atoms with van der Waals surface area (Å²) in [6.45, 7) is 5.68. The van der Waals surface area contributed by atoms with E-state index >= 15 is 0 Å². The standard InChI is InChI=1S/C12H20N2O2S/c1-10-11(17-9-13-10)8-14(2)5-4-12-15-6-3-7-16-12/h9,12H,3-8H2,1-2H3. The number of hydrogen-bond donors (Lipinski definition) is 0. The van der Waals surface area contributed by atoms with Crippen molar-refractivity contribution in [2.24, 2.45) is 0 Å².